The van der Waals surface area contributed by atoms with Crippen LogP contribution in [0.3, 0.4) is 0 Å². The summed E-state index contributed by atoms with van der Waals surface area (Å²) in [6, 6.07) is 12.0. The van der Waals surface area contributed by atoms with Crippen molar-refractivity contribution < 1.29 is 9.47 Å². The number of ether oxygens (including phenoxy) is 2. The fourth-order valence-corrected chi connectivity index (χ4v) is 3.43. The molecule has 2 aliphatic heterocycles. The SMILES string of the molecule is COc1ccc(C2=CC=NC3=CCN(c4ccc(C)c(Cl)c4)N32)cc1OC. The third-order valence-electron chi connectivity index (χ3n) is 4.71. The van der Waals surface area contributed by atoms with E-state index >= 15 is 0 Å². The molecule has 4 rings (SSSR count). The van der Waals surface area contributed by atoms with E-state index in [-0.39, 0.29) is 0 Å². The summed E-state index contributed by atoms with van der Waals surface area (Å²) in [5, 5.41) is 5.00. The fourth-order valence-electron chi connectivity index (χ4n) is 3.25. The van der Waals surface area contributed by atoms with Gasteiger partial charge in [0.2, 0.25) is 0 Å². The summed E-state index contributed by atoms with van der Waals surface area (Å²) in [5.74, 6) is 2.28. The minimum Gasteiger partial charge on any atom is -0.493 e. The molecule has 0 saturated heterocycles. The largest absolute Gasteiger partial charge is 0.493 e. The molecule has 2 aliphatic rings. The molecule has 27 heavy (non-hydrogen) atoms. The van der Waals surface area contributed by atoms with E-state index in [2.05, 4.69) is 27.2 Å². The molecule has 0 fully saturated rings. The Morgan fingerprint density at radius 2 is 1.85 bits per heavy atom. The molecule has 0 N–H and O–H groups in total. The van der Waals surface area contributed by atoms with Crippen molar-refractivity contribution in [2.24, 2.45) is 4.99 Å². The van der Waals surface area contributed by atoms with Crippen molar-refractivity contribution in [3.8, 4) is 11.5 Å². The molecule has 0 aromatic heterocycles. The van der Waals surface area contributed by atoms with Crippen molar-refractivity contribution in [1.29, 1.82) is 0 Å². The fraction of sp³-hybridized carbons (Fsp3) is 0.190. The number of nitrogens with zero attached hydrogens (tertiary/aromatic N) is 3. The van der Waals surface area contributed by atoms with E-state index in [0.29, 0.717) is 11.5 Å². The molecular formula is C21H20ClN3O2. The standard InChI is InChI=1S/C21H20ClN3O2/c1-14-4-6-16(13-17(14)22)24-11-9-21-23-10-8-18(25(21)24)15-5-7-19(26-2)20(12-15)27-3/h4-10,12-13H,11H2,1-3H3. The summed E-state index contributed by atoms with van der Waals surface area (Å²) in [4.78, 5) is 4.51. The van der Waals surface area contributed by atoms with Crippen LogP contribution in [-0.2, 0) is 0 Å². The minimum absolute atomic E-state index is 0.688. The van der Waals surface area contributed by atoms with Crippen LogP contribution < -0.4 is 14.5 Å². The molecule has 5 nitrogen and oxygen atoms in total. The maximum absolute atomic E-state index is 6.36. The van der Waals surface area contributed by atoms with E-state index in [1.165, 1.54) is 0 Å². The van der Waals surface area contributed by atoms with Gasteiger partial charge >= 0.3 is 0 Å². The van der Waals surface area contributed by atoms with Crippen LogP contribution in [0.1, 0.15) is 11.1 Å². The van der Waals surface area contributed by atoms with Crippen LogP contribution >= 0.6 is 11.6 Å². The summed E-state index contributed by atoms with van der Waals surface area (Å²) >= 11 is 6.36. The Hall–Kier alpha value is -2.92. The van der Waals surface area contributed by atoms with Gasteiger partial charge < -0.3 is 9.47 Å². The summed E-state index contributed by atoms with van der Waals surface area (Å²) in [7, 11) is 3.27. The topological polar surface area (TPSA) is 37.3 Å². The lowest BCUT2D eigenvalue weighted by molar-refractivity contribution is 0.354. The lowest BCUT2D eigenvalue weighted by Gasteiger charge is -2.35. The van der Waals surface area contributed by atoms with Gasteiger partial charge in [-0.05, 0) is 55.0 Å². The van der Waals surface area contributed by atoms with Crippen molar-refractivity contribution in [2.75, 3.05) is 25.8 Å². The number of hydrogen-bond acceptors (Lipinski definition) is 5. The number of benzene rings is 2. The highest BCUT2D eigenvalue weighted by molar-refractivity contribution is 6.31. The summed E-state index contributed by atoms with van der Waals surface area (Å²) in [6.07, 6.45) is 5.91. The van der Waals surface area contributed by atoms with Crippen molar-refractivity contribution in [3.05, 3.63) is 70.5 Å². The average Bonchev–Trinajstić information content (AvgIpc) is 3.13. The lowest BCUT2D eigenvalue weighted by Crippen LogP contribution is -2.37. The Bertz CT molecular complexity index is 981. The maximum Gasteiger partial charge on any atom is 0.161 e. The molecule has 0 spiro atoms. The number of rotatable bonds is 4. The highest BCUT2D eigenvalue weighted by Gasteiger charge is 2.30. The molecule has 2 heterocycles. The third-order valence-corrected chi connectivity index (χ3v) is 5.11. The number of hydrogen-bond donors (Lipinski definition) is 0. The van der Waals surface area contributed by atoms with Gasteiger partial charge in [0.05, 0.1) is 32.1 Å². The van der Waals surface area contributed by atoms with E-state index in [0.717, 1.165) is 39.9 Å². The molecule has 0 saturated carbocycles. The Labute approximate surface area is 163 Å². The van der Waals surface area contributed by atoms with Gasteiger partial charge in [-0.2, -0.15) is 0 Å². The van der Waals surface area contributed by atoms with Gasteiger partial charge in [-0.3, -0.25) is 5.01 Å². The van der Waals surface area contributed by atoms with E-state index < -0.39 is 0 Å². The van der Waals surface area contributed by atoms with Crippen LogP contribution in [-0.4, -0.2) is 32.0 Å². The number of aryl methyl sites for hydroxylation is 1. The highest BCUT2D eigenvalue weighted by atomic mass is 35.5. The molecule has 0 atom stereocenters. The molecule has 6 heteroatoms. The Kier molecular flexibility index (Phi) is 4.54. The van der Waals surface area contributed by atoms with Gasteiger partial charge in [0, 0.05) is 16.8 Å². The van der Waals surface area contributed by atoms with Crippen molar-refractivity contribution in [3.63, 3.8) is 0 Å². The summed E-state index contributed by atoms with van der Waals surface area (Å²) in [6.45, 7) is 2.72. The van der Waals surface area contributed by atoms with Crippen molar-refractivity contribution >= 4 is 29.2 Å². The second kappa shape index (κ2) is 7.00. The van der Waals surface area contributed by atoms with Crippen LogP contribution in [0.15, 0.2) is 59.4 Å². The van der Waals surface area contributed by atoms with Gasteiger partial charge in [0.25, 0.3) is 0 Å². The van der Waals surface area contributed by atoms with Crippen molar-refractivity contribution in [1.82, 2.24) is 5.01 Å². The molecule has 0 amide bonds. The molecular weight excluding hydrogens is 362 g/mol. The van der Waals surface area contributed by atoms with Crippen LogP contribution in [0, 0.1) is 6.92 Å². The zero-order chi connectivity index (χ0) is 19.0. The number of anilines is 1. The van der Waals surface area contributed by atoms with Gasteiger partial charge in [0.1, 0.15) is 5.82 Å². The van der Waals surface area contributed by atoms with E-state index in [9.17, 15) is 0 Å². The molecule has 138 valence electrons. The molecule has 0 unspecified atom stereocenters. The number of fused-ring (bicyclic) bond motifs is 1. The Balaban J connectivity index is 1.75. The first-order chi connectivity index (χ1) is 13.1. The van der Waals surface area contributed by atoms with E-state index in [4.69, 9.17) is 21.1 Å². The normalized spacial score (nSPS) is 15.4. The number of allylic oxidation sites excluding steroid dienone is 1. The monoisotopic (exact) mass is 381 g/mol. The van der Waals surface area contributed by atoms with Crippen LogP contribution in [0.2, 0.25) is 5.02 Å². The van der Waals surface area contributed by atoms with Gasteiger partial charge in [-0.25, -0.2) is 10.0 Å². The first kappa shape index (κ1) is 17.5. The minimum atomic E-state index is 0.688. The maximum atomic E-state index is 6.36. The molecule has 0 bridgehead atoms. The molecule has 0 aliphatic carbocycles. The smallest absolute Gasteiger partial charge is 0.161 e. The van der Waals surface area contributed by atoms with Crippen molar-refractivity contribution in [2.45, 2.75) is 6.92 Å². The number of halogens is 1. The van der Waals surface area contributed by atoms with Gasteiger partial charge in [0.15, 0.2) is 11.5 Å². The lowest BCUT2D eigenvalue weighted by atomic mass is 10.1. The second-order valence-corrected chi connectivity index (χ2v) is 6.70. The first-order valence-electron chi connectivity index (χ1n) is 8.63. The van der Waals surface area contributed by atoms with Gasteiger partial charge in [-0.15, -0.1) is 0 Å². The predicted octanol–water partition coefficient (Wildman–Crippen LogP) is 4.67. The second-order valence-electron chi connectivity index (χ2n) is 6.29. The quantitative estimate of drug-likeness (QED) is 0.771. The van der Waals surface area contributed by atoms with E-state index in [1.807, 2.05) is 49.5 Å². The molecule has 0 radical (unpaired) electrons. The Morgan fingerprint density at radius 3 is 2.59 bits per heavy atom. The van der Waals surface area contributed by atoms with Crippen LogP contribution in [0.4, 0.5) is 5.69 Å². The van der Waals surface area contributed by atoms with Crippen LogP contribution in [0.25, 0.3) is 5.70 Å². The first-order valence-corrected chi connectivity index (χ1v) is 9.01. The Morgan fingerprint density at radius 1 is 1.04 bits per heavy atom. The van der Waals surface area contributed by atoms with E-state index in [1.54, 1.807) is 14.2 Å². The zero-order valence-corrected chi connectivity index (χ0v) is 16.2. The summed E-state index contributed by atoms with van der Waals surface area (Å²) < 4.78 is 10.8. The third kappa shape index (κ3) is 3.04. The average molecular weight is 382 g/mol. The summed E-state index contributed by atoms with van der Waals surface area (Å²) in [5.41, 5.74) is 4.08. The zero-order valence-electron chi connectivity index (χ0n) is 15.4. The van der Waals surface area contributed by atoms with Crippen LogP contribution in [0.5, 0.6) is 11.5 Å². The molecule has 2 aromatic carbocycles. The number of aliphatic imine (C=N–C) groups is 1. The van der Waals surface area contributed by atoms with Gasteiger partial charge in [-0.1, -0.05) is 17.7 Å². The molecule has 2 aromatic rings. The number of hydrazine groups is 1. The highest BCUT2D eigenvalue weighted by Crippen LogP contribution is 2.38. The predicted molar refractivity (Wildman–Crippen MR) is 109 cm³/mol. The number of methoxy groups -OCH3 is 2.